The molecule has 2 amide bonds. The zero-order valence-electron chi connectivity index (χ0n) is 29.7. The Morgan fingerprint density at radius 3 is 2.29 bits per heavy atom. The highest BCUT2D eigenvalue weighted by molar-refractivity contribution is 5.91. The smallest absolute Gasteiger partial charge is 0.407 e. The van der Waals surface area contributed by atoms with Crippen LogP contribution in [0.5, 0.6) is 0 Å². The monoisotopic (exact) mass is 699 g/mol. The Balaban J connectivity index is 0.900. The van der Waals surface area contributed by atoms with E-state index in [0.717, 1.165) is 71.1 Å². The first-order valence-electron chi connectivity index (χ1n) is 18.5. The van der Waals surface area contributed by atoms with Crippen LogP contribution in [0.4, 0.5) is 4.79 Å². The second kappa shape index (κ2) is 13.2. The Morgan fingerprint density at radius 1 is 0.885 bits per heavy atom. The largest absolute Gasteiger partial charge is 0.453 e. The van der Waals surface area contributed by atoms with Gasteiger partial charge in [-0.2, -0.15) is 0 Å². The molecule has 2 saturated heterocycles. The Bertz CT molecular complexity index is 2120. The predicted molar refractivity (Wildman–Crippen MR) is 198 cm³/mol. The summed E-state index contributed by atoms with van der Waals surface area (Å²) in [6.45, 7) is 1.46. The molecule has 5 unspecified atom stereocenters. The fourth-order valence-electron chi connectivity index (χ4n) is 8.93. The third-order valence-electron chi connectivity index (χ3n) is 12.0. The van der Waals surface area contributed by atoms with Gasteiger partial charge in [0.25, 0.3) is 0 Å². The second-order valence-electron chi connectivity index (χ2n) is 15.2. The van der Waals surface area contributed by atoms with E-state index in [2.05, 4.69) is 81.3 Å². The van der Waals surface area contributed by atoms with Crippen LogP contribution in [0, 0.1) is 11.3 Å². The van der Waals surface area contributed by atoms with E-state index in [1.807, 2.05) is 17.3 Å². The van der Waals surface area contributed by atoms with Gasteiger partial charge in [0.05, 0.1) is 43.0 Å². The SMILES string of the molecule is COCCC(NC(=O)OC)C(=O)N1C2CCC(C2)C1c1ncc(-c2ccc(-c3ccc4cc(-c5cnc(C6CC7(CC7)CN6)[nH]5)ccc4c3)cc2)[nH]1. The zero-order valence-corrected chi connectivity index (χ0v) is 29.7. The molecule has 4 aliphatic rings. The van der Waals surface area contributed by atoms with Crippen molar-refractivity contribution < 1.29 is 19.1 Å². The molecule has 4 N–H and O–H groups in total. The van der Waals surface area contributed by atoms with Crippen molar-refractivity contribution in [3.8, 4) is 33.6 Å². The zero-order chi connectivity index (χ0) is 35.4. The number of amides is 2. The molecule has 2 aromatic heterocycles. The standard InChI is InChI=1S/C41H45N7O4/c1-51-16-13-32(47-40(50)52-2)39(49)48-31-12-11-30(19-31)36(48)38-43-21-34(46-38)25-5-3-24(4-6-25)26-7-8-28-18-29(10-9-27(28)17-26)35-22-42-37(45-35)33-20-41(14-15-41)23-44-33/h3-10,17-18,21-22,30-33,36,44H,11-16,19-20,23H2,1-2H3,(H,42,45)(H,43,46)(H,47,50). The number of piperidine rings is 1. The minimum absolute atomic E-state index is 0.118. The van der Waals surface area contributed by atoms with Gasteiger partial charge in [0.1, 0.15) is 17.7 Å². The number of nitrogens with one attached hydrogen (secondary N) is 4. The number of hydrogen-bond acceptors (Lipinski definition) is 7. The summed E-state index contributed by atoms with van der Waals surface area (Å²) in [5, 5.41) is 8.76. The number of likely N-dealkylation sites (tertiary alicyclic amines) is 1. The van der Waals surface area contributed by atoms with E-state index in [0.29, 0.717) is 30.4 Å². The Hall–Kier alpha value is -5.00. The van der Waals surface area contributed by atoms with Gasteiger partial charge in [-0.05, 0) is 89.5 Å². The molecule has 1 spiro atoms. The van der Waals surface area contributed by atoms with E-state index in [1.165, 1.54) is 37.1 Å². The highest BCUT2D eigenvalue weighted by Crippen LogP contribution is 2.54. The summed E-state index contributed by atoms with van der Waals surface area (Å²) in [5.74, 6) is 2.03. The van der Waals surface area contributed by atoms with Crippen LogP contribution in [0.25, 0.3) is 44.4 Å². The number of carbonyl (C=O) groups excluding carboxylic acids is 2. The number of fused-ring (bicyclic) bond motifs is 3. The number of hydrogen-bond donors (Lipinski definition) is 4. The quantitative estimate of drug-likeness (QED) is 0.124. The first kappa shape index (κ1) is 32.9. The number of methoxy groups -OCH3 is 2. The van der Waals surface area contributed by atoms with E-state index >= 15 is 0 Å². The van der Waals surface area contributed by atoms with Crippen LogP contribution < -0.4 is 10.6 Å². The van der Waals surface area contributed by atoms with Gasteiger partial charge in [-0.1, -0.05) is 48.5 Å². The first-order chi connectivity index (χ1) is 25.4. The molecule has 11 heteroatoms. The van der Waals surface area contributed by atoms with Gasteiger partial charge in [0.15, 0.2) is 0 Å². The lowest BCUT2D eigenvalue weighted by Crippen LogP contribution is -2.52. The summed E-state index contributed by atoms with van der Waals surface area (Å²) in [6.07, 6.45) is 10.4. The molecule has 2 aliphatic carbocycles. The normalized spacial score (nSPS) is 23.4. The van der Waals surface area contributed by atoms with Gasteiger partial charge in [-0.3, -0.25) is 4.79 Å². The average molecular weight is 700 g/mol. The lowest BCUT2D eigenvalue weighted by molar-refractivity contribution is -0.138. The Morgan fingerprint density at radius 2 is 1.56 bits per heavy atom. The maximum atomic E-state index is 13.9. The Kier molecular flexibility index (Phi) is 8.35. The van der Waals surface area contributed by atoms with Gasteiger partial charge in [0, 0.05) is 38.3 Å². The molecule has 4 heterocycles. The van der Waals surface area contributed by atoms with Gasteiger partial charge in [-0.25, -0.2) is 14.8 Å². The number of nitrogens with zero attached hydrogens (tertiary/aromatic N) is 3. The molecule has 5 atom stereocenters. The predicted octanol–water partition coefficient (Wildman–Crippen LogP) is 6.91. The maximum absolute atomic E-state index is 13.9. The molecule has 268 valence electrons. The number of aromatic nitrogens is 4. The van der Waals surface area contributed by atoms with E-state index in [1.54, 1.807) is 7.11 Å². The average Bonchev–Trinajstić information content (AvgIpc) is 3.82. The third kappa shape index (κ3) is 6.05. The molecule has 4 fully saturated rings. The van der Waals surface area contributed by atoms with Gasteiger partial charge in [0.2, 0.25) is 5.91 Å². The molecule has 11 nitrogen and oxygen atoms in total. The summed E-state index contributed by atoms with van der Waals surface area (Å²) < 4.78 is 10.0. The van der Waals surface area contributed by atoms with Gasteiger partial charge in [-0.15, -0.1) is 0 Å². The van der Waals surface area contributed by atoms with E-state index in [4.69, 9.17) is 19.4 Å². The van der Waals surface area contributed by atoms with Crippen molar-refractivity contribution in [1.29, 1.82) is 0 Å². The molecule has 9 rings (SSSR count). The lowest BCUT2D eigenvalue weighted by Gasteiger charge is -2.36. The minimum atomic E-state index is -0.730. The number of benzene rings is 3. The van der Waals surface area contributed by atoms with E-state index < -0.39 is 12.1 Å². The second-order valence-corrected chi connectivity index (χ2v) is 15.2. The molecular weight excluding hydrogens is 654 g/mol. The van der Waals surface area contributed by atoms with Crippen molar-refractivity contribution in [3.05, 3.63) is 84.7 Å². The summed E-state index contributed by atoms with van der Waals surface area (Å²) in [4.78, 5) is 44.6. The molecule has 2 saturated carbocycles. The van der Waals surface area contributed by atoms with Crippen molar-refractivity contribution in [1.82, 2.24) is 35.5 Å². The van der Waals surface area contributed by atoms with Crippen LogP contribution in [0.2, 0.25) is 0 Å². The number of rotatable bonds is 10. The van der Waals surface area contributed by atoms with E-state index in [9.17, 15) is 9.59 Å². The molecule has 52 heavy (non-hydrogen) atoms. The molecule has 2 bridgehead atoms. The van der Waals surface area contributed by atoms with Gasteiger partial charge < -0.3 is 35.0 Å². The molecule has 2 aliphatic heterocycles. The summed E-state index contributed by atoms with van der Waals surface area (Å²) in [6, 6.07) is 21.3. The van der Waals surface area contributed by atoms with Crippen LogP contribution in [-0.4, -0.2) is 76.3 Å². The van der Waals surface area contributed by atoms with Crippen LogP contribution in [0.15, 0.2) is 73.1 Å². The number of alkyl carbamates (subject to hydrolysis) is 1. The van der Waals surface area contributed by atoms with Crippen molar-refractivity contribution in [3.63, 3.8) is 0 Å². The van der Waals surface area contributed by atoms with Crippen LogP contribution >= 0.6 is 0 Å². The van der Waals surface area contributed by atoms with Crippen molar-refractivity contribution in [2.75, 3.05) is 27.4 Å². The van der Waals surface area contributed by atoms with Crippen molar-refractivity contribution in [2.45, 2.75) is 69.1 Å². The van der Waals surface area contributed by atoms with Crippen molar-refractivity contribution >= 4 is 22.8 Å². The number of carbonyl (C=O) groups is 2. The number of H-pyrrole nitrogens is 2. The fraction of sp³-hybridized carbons (Fsp3) is 0.415. The van der Waals surface area contributed by atoms with Crippen LogP contribution in [-0.2, 0) is 14.3 Å². The fourth-order valence-corrected chi connectivity index (χ4v) is 8.93. The number of imidazole rings is 2. The molecule has 0 radical (unpaired) electrons. The summed E-state index contributed by atoms with van der Waals surface area (Å²) in [5.41, 5.74) is 6.95. The van der Waals surface area contributed by atoms with Crippen LogP contribution in [0.3, 0.4) is 0 Å². The van der Waals surface area contributed by atoms with Gasteiger partial charge >= 0.3 is 6.09 Å². The molecule has 3 aromatic carbocycles. The van der Waals surface area contributed by atoms with E-state index in [-0.39, 0.29) is 18.0 Å². The minimum Gasteiger partial charge on any atom is -0.453 e. The third-order valence-corrected chi connectivity index (χ3v) is 12.0. The Labute approximate surface area is 302 Å². The molecular formula is C41H45N7O4. The highest BCUT2D eigenvalue weighted by Gasteiger charge is 2.51. The lowest BCUT2D eigenvalue weighted by atomic mass is 9.97. The number of ether oxygens (including phenoxy) is 2. The topological polar surface area (TPSA) is 137 Å². The maximum Gasteiger partial charge on any atom is 0.407 e. The highest BCUT2D eigenvalue weighted by atomic mass is 16.5. The summed E-state index contributed by atoms with van der Waals surface area (Å²) >= 11 is 0. The number of aromatic amines is 2. The first-order valence-corrected chi connectivity index (χ1v) is 18.5. The van der Waals surface area contributed by atoms with Crippen LogP contribution in [0.1, 0.15) is 68.7 Å². The summed E-state index contributed by atoms with van der Waals surface area (Å²) in [7, 11) is 2.89. The van der Waals surface area contributed by atoms with Crippen molar-refractivity contribution in [2.24, 2.45) is 11.3 Å². The molecule has 5 aromatic rings.